The lowest BCUT2D eigenvalue weighted by atomic mass is 9.77. The van der Waals surface area contributed by atoms with Crippen LogP contribution in [-0.4, -0.2) is 108 Å². The summed E-state index contributed by atoms with van der Waals surface area (Å²) < 4.78 is 1.26. The third-order valence-electron chi connectivity index (χ3n) is 12.3. The number of non-ortho nitro benzene ring substituents is 1. The summed E-state index contributed by atoms with van der Waals surface area (Å²) in [6.07, 6.45) is 6.31. The zero-order valence-corrected chi connectivity index (χ0v) is 41.0. The summed E-state index contributed by atoms with van der Waals surface area (Å²) >= 11 is 0. The molecule has 6 amide bonds. The molecule has 1 aliphatic carbocycles. The van der Waals surface area contributed by atoms with E-state index < -0.39 is 105 Å². The predicted molar refractivity (Wildman–Crippen MR) is 259 cm³/mol. The topological polar surface area (TPSA) is 319 Å². The van der Waals surface area contributed by atoms with E-state index in [1.165, 1.54) is 30.1 Å². The van der Waals surface area contributed by atoms with Crippen LogP contribution in [0.5, 0.6) is 0 Å². The monoisotopic (exact) mass is 975 g/mol. The van der Waals surface area contributed by atoms with Crippen molar-refractivity contribution in [2.45, 2.75) is 149 Å². The van der Waals surface area contributed by atoms with Gasteiger partial charge in [-0.05, 0) is 67.1 Å². The molecule has 2 aromatic carbocycles. The maximum absolute atomic E-state index is 14.7. The second kappa shape index (κ2) is 25.2. The number of nitro benzene ring substituents is 2. The first kappa shape index (κ1) is 55.8. The number of amides is 6. The van der Waals surface area contributed by atoms with Crippen molar-refractivity contribution < 1.29 is 48.7 Å². The smallest absolute Gasteiger partial charge is 0.426 e. The van der Waals surface area contributed by atoms with Crippen LogP contribution >= 0.6 is 0 Å². The fraction of sp³-hybridized carbons (Fsp3) is 0.553. The van der Waals surface area contributed by atoms with Crippen molar-refractivity contribution in [1.29, 1.82) is 0 Å². The number of hydrogen-bond acceptors (Lipinski definition) is 13. The van der Waals surface area contributed by atoms with Gasteiger partial charge in [-0.15, -0.1) is 0 Å². The molecule has 0 aliphatic heterocycles. The molecule has 0 saturated heterocycles. The van der Waals surface area contributed by atoms with Crippen molar-refractivity contribution in [2.75, 3.05) is 0 Å². The Hall–Kier alpha value is -6.75. The molecule has 1 aromatic heterocycles. The van der Waals surface area contributed by atoms with Gasteiger partial charge in [-0.3, -0.25) is 53.6 Å². The fourth-order valence-corrected chi connectivity index (χ4v) is 8.45. The number of hydrogen-bond donors (Lipinski definition) is 8. The van der Waals surface area contributed by atoms with Crippen molar-refractivity contribution in [3.63, 3.8) is 0 Å². The number of nitro groups is 2. The summed E-state index contributed by atoms with van der Waals surface area (Å²) in [6.45, 7) is 13.6. The van der Waals surface area contributed by atoms with Crippen molar-refractivity contribution in [3.05, 3.63) is 92.0 Å². The van der Waals surface area contributed by atoms with E-state index in [2.05, 4.69) is 36.9 Å². The van der Waals surface area contributed by atoms with Crippen LogP contribution in [0.3, 0.4) is 0 Å². The second-order valence-corrected chi connectivity index (χ2v) is 19.4. The fourth-order valence-electron chi connectivity index (χ4n) is 8.45. The van der Waals surface area contributed by atoms with Crippen molar-refractivity contribution >= 4 is 53.9 Å². The van der Waals surface area contributed by atoms with Crippen molar-refractivity contribution in [3.8, 4) is 5.69 Å². The highest BCUT2D eigenvalue weighted by Crippen LogP contribution is 2.29. The van der Waals surface area contributed by atoms with Gasteiger partial charge < -0.3 is 41.9 Å². The number of aromatic nitrogens is 2. The zero-order chi connectivity index (χ0) is 52.0. The summed E-state index contributed by atoms with van der Waals surface area (Å²) in [7, 11) is -1.83. The molecule has 23 heteroatoms. The predicted octanol–water partition coefficient (Wildman–Crippen LogP) is 2.81. The third-order valence-corrected chi connectivity index (χ3v) is 12.3. The number of carbonyl (C=O) groups excluding carboxylic acids is 6. The Bertz CT molecular complexity index is 2360. The Morgan fingerprint density at radius 1 is 0.800 bits per heavy atom. The van der Waals surface area contributed by atoms with Crippen molar-refractivity contribution in [1.82, 2.24) is 41.5 Å². The molecular formula is C47H67BN10O12. The van der Waals surface area contributed by atoms with Gasteiger partial charge in [0, 0.05) is 32.0 Å². The molecule has 1 saturated carbocycles. The number of benzene rings is 2. The molecule has 8 N–H and O–H groups in total. The Morgan fingerprint density at radius 2 is 1.41 bits per heavy atom. The number of aryl methyl sites for hydroxylation is 1. The Kier molecular flexibility index (Phi) is 20.1. The van der Waals surface area contributed by atoms with Crippen LogP contribution in [0.4, 0.5) is 11.4 Å². The van der Waals surface area contributed by atoms with Gasteiger partial charge in [0.05, 0.1) is 33.9 Å². The molecule has 1 unspecified atom stereocenters. The van der Waals surface area contributed by atoms with E-state index in [1.807, 2.05) is 32.9 Å². The van der Waals surface area contributed by atoms with Gasteiger partial charge in [0.1, 0.15) is 35.9 Å². The summed E-state index contributed by atoms with van der Waals surface area (Å²) in [6, 6.07) is 4.24. The van der Waals surface area contributed by atoms with Gasteiger partial charge in [-0.2, -0.15) is 0 Å². The average Bonchev–Trinajstić information content (AvgIpc) is 3.76. The maximum atomic E-state index is 14.7. The zero-order valence-electron chi connectivity index (χ0n) is 41.0. The standard InChI is InChI=1S/C47H67BN10O12/c1-9-39(48(65)66)53-42(60)34(21-27(2)3)52-46(64)41(47(6,7)8)55-44(62)35(22-31-18-14-13-15-28(31)4)51-45(63)40(30-16-11-10-12-17-30)54-43(61)36(50-29(5)59)23-32-25-56(26-49-32)37-20-19-33(57(67)68)24-38(37)58(69)70/h13-15,18-20,24-27,30,34-36,39-41,65-66H,9-12,16-17,21-23H2,1-8H3,(H,50,59)(H,51,63)(H,52,64)(H,53,60)(H,54,61)(H,55,62)/t34-,35-,36-,39-,40?,41+/m0/s1. The minimum absolute atomic E-state index is 0.0154. The van der Waals surface area contributed by atoms with E-state index in [-0.39, 0.29) is 48.9 Å². The van der Waals surface area contributed by atoms with Crippen LogP contribution in [0.1, 0.15) is 110 Å². The van der Waals surface area contributed by atoms with Crippen LogP contribution in [0.25, 0.3) is 5.69 Å². The lowest BCUT2D eigenvalue weighted by molar-refractivity contribution is -0.394. The molecule has 3 aromatic rings. The highest BCUT2D eigenvalue weighted by Gasteiger charge is 2.40. The minimum Gasteiger partial charge on any atom is -0.426 e. The lowest BCUT2D eigenvalue weighted by Gasteiger charge is -2.35. The molecule has 1 heterocycles. The third kappa shape index (κ3) is 15.9. The lowest BCUT2D eigenvalue weighted by Crippen LogP contribution is -2.63. The molecule has 0 bridgehead atoms. The molecule has 4 rings (SSSR count). The van der Waals surface area contributed by atoms with Crippen LogP contribution < -0.4 is 31.9 Å². The average molecular weight is 975 g/mol. The van der Waals surface area contributed by atoms with Gasteiger partial charge in [0.15, 0.2) is 0 Å². The molecule has 1 fully saturated rings. The van der Waals surface area contributed by atoms with Crippen LogP contribution in [0.15, 0.2) is 55.0 Å². The SMILES string of the molecule is CC[C@H](NC(=O)[C@H](CC(C)C)NC(=O)[C@@H](NC(=O)[C@H](Cc1ccccc1C)NC(=O)C(NC(=O)[C@H](Cc1cn(-c2ccc([N+](=O)[O-])cc2[N+](=O)[O-])cn1)NC(C)=O)C1CCCCC1)C(C)(C)C)B(O)O. The summed E-state index contributed by atoms with van der Waals surface area (Å²) in [5.74, 6) is -5.50. The maximum Gasteiger partial charge on any atom is 0.475 e. The van der Waals surface area contributed by atoms with Gasteiger partial charge in [-0.25, -0.2) is 4.98 Å². The van der Waals surface area contributed by atoms with Gasteiger partial charge in [0.2, 0.25) is 35.4 Å². The second-order valence-electron chi connectivity index (χ2n) is 19.4. The number of imidazole rings is 1. The van der Waals surface area contributed by atoms with E-state index in [9.17, 15) is 59.0 Å². The van der Waals surface area contributed by atoms with E-state index >= 15 is 0 Å². The molecule has 0 spiro atoms. The molecule has 0 radical (unpaired) electrons. The quantitative estimate of drug-likeness (QED) is 0.0386. The molecular weight excluding hydrogens is 907 g/mol. The Labute approximate surface area is 407 Å². The van der Waals surface area contributed by atoms with Gasteiger partial charge in [0.25, 0.3) is 11.4 Å². The summed E-state index contributed by atoms with van der Waals surface area (Å²) in [5.41, 5.74) is -0.287. The molecule has 70 heavy (non-hydrogen) atoms. The minimum atomic E-state index is -1.83. The Balaban J connectivity index is 1.65. The largest absolute Gasteiger partial charge is 0.475 e. The van der Waals surface area contributed by atoms with Crippen LogP contribution in [0, 0.1) is 44.4 Å². The molecule has 6 atom stereocenters. The highest BCUT2D eigenvalue weighted by molar-refractivity contribution is 6.43. The number of carbonyl (C=O) groups is 6. The van der Waals surface area contributed by atoms with E-state index in [1.54, 1.807) is 39.8 Å². The van der Waals surface area contributed by atoms with E-state index in [0.29, 0.717) is 18.4 Å². The van der Waals surface area contributed by atoms with Crippen molar-refractivity contribution in [2.24, 2.45) is 17.3 Å². The first-order valence-corrected chi connectivity index (χ1v) is 23.6. The molecule has 22 nitrogen and oxygen atoms in total. The summed E-state index contributed by atoms with van der Waals surface area (Å²) in [4.78, 5) is 110. The van der Waals surface area contributed by atoms with Gasteiger partial charge >= 0.3 is 7.12 Å². The summed E-state index contributed by atoms with van der Waals surface area (Å²) in [5, 5.41) is 59.3. The first-order chi connectivity index (χ1) is 32.9. The van der Waals surface area contributed by atoms with Gasteiger partial charge in [-0.1, -0.05) is 85.1 Å². The van der Waals surface area contributed by atoms with Crippen LogP contribution in [0.2, 0.25) is 0 Å². The number of rotatable bonds is 23. The van der Waals surface area contributed by atoms with Crippen LogP contribution in [-0.2, 0) is 41.6 Å². The Morgan fingerprint density at radius 3 is 1.99 bits per heavy atom. The first-order valence-electron chi connectivity index (χ1n) is 23.6. The number of nitrogens with one attached hydrogen (secondary N) is 6. The highest BCUT2D eigenvalue weighted by atomic mass is 16.6. The number of nitrogens with zero attached hydrogens (tertiary/aromatic N) is 4. The normalized spacial score (nSPS) is 15.5. The van der Waals surface area contributed by atoms with E-state index in [0.717, 1.165) is 37.0 Å². The molecule has 380 valence electrons. The molecule has 1 aliphatic rings. The van der Waals surface area contributed by atoms with E-state index in [4.69, 9.17) is 0 Å².